The van der Waals surface area contributed by atoms with E-state index in [0.717, 1.165) is 0 Å². The SMILES string of the molecule is C[Si](C)(C)OCC[C@H](O[Si](C)(C)C)[C@H](O[Si](C)(C)C)C(=O)CO[Si](C)(C)C. The van der Waals surface area contributed by atoms with Crippen LogP contribution in [-0.2, 0) is 22.5 Å². The molecule has 0 spiro atoms. The maximum Gasteiger partial charge on any atom is 0.187 e. The molecule has 0 N–H and O–H groups in total. The smallest absolute Gasteiger partial charge is 0.187 e. The van der Waals surface area contributed by atoms with E-state index in [1.165, 1.54) is 0 Å². The summed E-state index contributed by atoms with van der Waals surface area (Å²) >= 11 is 0. The molecular formula is C18H44O5Si4. The lowest BCUT2D eigenvalue weighted by Gasteiger charge is -2.36. The number of ketones is 1. The van der Waals surface area contributed by atoms with Crippen LogP contribution in [0.2, 0.25) is 78.6 Å². The Morgan fingerprint density at radius 2 is 1.11 bits per heavy atom. The Morgan fingerprint density at radius 1 is 0.667 bits per heavy atom. The van der Waals surface area contributed by atoms with E-state index in [1.807, 2.05) is 0 Å². The molecule has 2 atom stereocenters. The zero-order chi connectivity index (χ0) is 21.7. The molecule has 0 aliphatic rings. The molecule has 0 fully saturated rings. The van der Waals surface area contributed by atoms with Crippen molar-refractivity contribution in [3.8, 4) is 0 Å². The Kier molecular flexibility index (Phi) is 10.6. The van der Waals surface area contributed by atoms with Gasteiger partial charge in [0.25, 0.3) is 0 Å². The average molecular weight is 453 g/mol. The molecule has 0 amide bonds. The molecular weight excluding hydrogens is 409 g/mol. The van der Waals surface area contributed by atoms with Crippen molar-refractivity contribution in [1.29, 1.82) is 0 Å². The second-order valence-electron chi connectivity index (χ2n) is 11.0. The second-order valence-corrected chi connectivity index (χ2v) is 29.0. The first-order valence-corrected chi connectivity index (χ1v) is 23.6. The minimum Gasteiger partial charge on any atom is -0.418 e. The summed E-state index contributed by atoms with van der Waals surface area (Å²) in [6, 6.07) is 0. The zero-order valence-electron chi connectivity index (χ0n) is 19.8. The number of rotatable bonds is 13. The van der Waals surface area contributed by atoms with Crippen LogP contribution in [0, 0.1) is 0 Å². The highest BCUT2D eigenvalue weighted by Gasteiger charge is 2.37. The standard InChI is InChI=1S/C18H44O5Si4/c1-24(2,3)20-14-13-17(22-26(7,8)9)18(23-27(10,11)12)16(19)15-21-25(4,5)6/h17-18H,13-15H2,1-12H3/t17-,18+/m0/s1. The van der Waals surface area contributed by atoms with Gasteiger partial charge in [-0.15, -0.1) is 0 Å². The van der Waals surface area contributed by atoms with Crippen molar-refractivity contribution in [2.75, 3.05) is 13.2 Å². The van der Waals surface area contributed by atoms with Gasteiger partial charge in [0, 0.05) is 6.61 Å². The molecule has 0 saturated heterocycles. The first-order valence-electron chi connectivity index (χ1n) is 9.95. The molecule has 0 aromatic rings. The predicted molar refractivity (Wildman–Crippen MR) is 125 cm³/mol. The van der Waals surface area contributed by atoms with Gasteiger partial charge >= 0.3 is 0 Å². The topological polar surface area (TPSA) is 54.0 Å². The number of hydrogen-bond acceptors (Lipinski definition) is 5. The van der Waals surface area contributed by atoms with E-state index < -0.39 is 39.4 Å². The summed E-state index contributed by atoms with van der Waals surface area (Å²) < 4.78 is 24.7. The second kappa shape index (κ2) is 10.4. The summed E-state index contributed by atoms with van der Waals surface area (Å²) in [4.78, 5) is 13.1. The number of carbonyl (C=O) groups is 1. The average Bonchev–Trinajstić information content (AvgIpc) is 2.36. The van der Waals surface area contributed by atoms with Crippen molar-refractivity contribution in [1.82, 2.24) is 0 Å². The first kappa shape index (κ1) is 27.4. The van der Waals surface area contributed by atoms with Crippen molar-refractivity contribution in [3.05, 3.63) is 0 Å². The summed E-state index contributed by atoms with van der Waals surface area (Å²) in [6.07, 6.45) is -0.190. The highest BCUT2D eigenvalue weighted by atomic mass is 28.4. The maximum absolute atomic E-state index is 13.1. The third-order valence-corrected chi connectivity index (χ3v) is 7.28. The van der Waals surface area contributed by atoms with Crippen LogP contribution in [0.4, 0.5) is 0 Å². The molecule has 0 aliphatic heterocycles. The number of hydrogen-bond donors (Lipinski definition) is 0. The fraction of sp³-hybridized carbons (Fsp3) is 0.944. The van der Waals surface area contributed by atoms with Crippen LogP contribution < -0.4 is 0 Å². The van der Waals surface area contributed by atoms with E-state index in [2.05, 4.69) is 78.6 Å². The summed E-state index contributed by atoms with van der Waals surface area (Å²) in [5, 5.41) is 0. The van der Waals surface area contributed by atoms with Gasteiger partial charge in [-0.25, -0.2) is 0 Å². The Morgan fingerprint density at radius 3 is 1.48 bits per heavy atom. The molecule has 9 heteroatoms. The number of carbonyl (C=O) groups excluding carboxylic acids is 1. The summed E-state index contributed by atoms with van der Waals surface area (Å²) in [5.74, 6) is -0.00361. The van der Waals surface area contributed by atoms with Crippen molar-refractivity contribution in [2.24, 2.45) is 0 Å². The largest absolute Gasteiger partial charge is 0.418 e. The zero-order valence-corrected chi connectivity index (χ0v) is 23.8. The van der Waals surface area contributed by atoms with Crippen molar-refractivity contribution in [3.63, 3.8) is 0 Å². The van der Waals surface area contributed by atoms with Gasteiger partial charge in [0.2, 0.25) is 0 Å². The molecule has 0 radical (unpaired) electrons. The Balaban J connectivity index is 5.43. The summed E-state index contributed by atoms with van der Waals surface area (Å²) in [7, 11) is -7.17. The molecule has 0 rings (SSSR count). The molecule has 0 aromatic heterocycles. The van der Waals surface area contributed by atoms with Gasteiger partial charge in [0.1, 0.15) is 6.10 Å². The molecule has 0 unspecified atom stereocenters. The Hall–Kier alpha value is 0.378. The van der Waals surface area contributed by atoms with Gasteiger partial charge in [-0.3, -0.25) is 4.79 Å². The molecule has 27 heavy (non-hydrogen) atoms. The van der Waals surface area contributed by atoms with Crippen LogP contribution >= 0.6 is 0 Å². The van der Waals surface area contributed by atoms with Gasteiger partial charge < -0.3 is 17.7 Å². The minimum atomic E-state index is -1.93. The van der Waals surface area contributed by atoms with Crippen molar-refractivity contribution < 1.29 is 22.5 Å². The Labute approximate surface area is 172 Å². The van der Waals surface area contributed by atoms with Gasteiger partial charge in [0.05, 0.1) is 12.7 Å². The van der Waals surface area contributed by atoms with E-state index in [4.69, 9.17) is 17.7 Å². The summed E-state index contributed by atoms with van der Waals surface area (Å²) in [5.41, 5.74) is 0. The van der Waals surface area contributed by atoms with Gasteiger partial charge in [-0.05, 0) is 85.0 Å². The molecule has 0 aliphatic carbocycles. The van der Waals surface area contributed by atoms with Gasteiger partial charge in [0.15, 0.2) is 39.1 Å². The Bertz CT molecular complexity index is 458. The van der Waals surface area contributed by atoms with E-state index in [1.54, 1.807) is 0 Å². The molecule has 0 aromatic carbocycles. The van der Waals surface area contributed by atoms with Gasteiger partial charge in [-0.2, -0.15) is 0 Å². The van der Waals surface area contributed by atoms with Crippen LogP contribution in [0.25, 0.3) is 0 Å². The first-order chi connectivity index (χ1) is 11.8. The molecule has 162 valence electrons. The van der Waals surface area contributed by atoms with E-state index >= 15 is 0 Å². The lowest BCUT2D eigenvalue weighted by atomic mass is 10.1. The van der Waals surface area contributed by atoms with E-state index in [0.29, 0.717) is 13.0 Å². The monoisotopic (exact) mass is 452 g/mol. The third-order valence-electron chi connectivity index (χ3n) is 3.23. The predicted octanol–water partition coefficient (Wildman–Crippen LogP) is 5.09. The normalized spacial score (nSPS) is 16.3. The quantitative estimate of drug-likeness (QED) is 0.364. The summed E-state index contributed by atoms with van der Waals surface area (Å²) in [6.45, 7) is 26.2. The fourth-order valence-corrected chi connectivity index (χ4v) is 5.81. The van der Waals surface area contributed by atoms with Crippen LogP contribution in [0.15, 0.2) is 0 Å². The molecule has 5 nitrogen and oxygen atoms in total. The molecule has 0 bridgehead atoms. The van der Waals surface area contributed by atoms with Crippen molar-refractivity contribution in [2.45, 2.75) is 97.2 Å². The maximum atomic E-state index is 13.1. The van der Waals surface area contributed by atoms with Crippen molar-refractivity contribution >= 4 is 39.1 Å². The van der Waals surface area contributed by atoms with Crippen LogP contribution in [0.5, 0.6) is 0 Å². The minimum absolute atomic E-state index is 0.00361. The number of Topliss-reactive ketones (excluding diaryl/α,β-unsaturated/α-hetero) is 1. The molecule has 0 saturated carbocycles. The van der Waals surface area contributed by atoms with Gasteiger partial charge in [-0.1, -0.05) is 0 Å². The third kappa shape index (κ3) is 15.9. The van der Waals surface area contributed by atoms with Crippen LogP contribution in [-0.4, -0.2) is 64.5 Å². The lowest BCUT2D eigenvalue weighted by Crippen LogP contribution is -2.50. The lowest BCUT2D eigenvalue weighted by molar-refractivity contribution is -0.133. The highest BCUT2D eigenvalue weighted by molar-refractivity contribution is 6.71. The van der Waals surface area contributed by atoms with E-state index in [-0.39, 0.29) is 18.5 Å². The molecule has 0 heterocycles. The van der Waals surface area contributed by atoms with Crippen LogP contribution in [0.1, 0.15) is 6.42 Å². The van der Waals surface area contributed by atoms with Crippen LogP contribution in [0.3, 0.4) is 0 Å². The highest BCUT2D eigenvalue weighted by Crippen LogP contribution is 2.21. The van der Waals surface area contributed by atoms with E-state index in [9.17, 15) is 4.79 Å². The fourth-order valence-electron chi connectivity index (χ4n) is 2.31.